The van der Waals surface area contributed by atoms with Crippen molar-refractivity contribution in [3.05, 3.63) is 35.9 Å². The Balaban J connectivity index is 2.78. The van der Waals surface area contributed by atoms with Gasteiger partial charge < -0.3 is 16.3 Å². The lowest BCUT2D eigenvalue weighted by Crippen LogP contribution is -2.55. The molecule has 1 amide bonds. The molecule has 0 aliphatic heterocycles. The standard InChI is InChI=1S/C10H13N3O2/c11-6-7-12-10(14)9(13-15)8-4-2-1-3-5-8/h1-5,15H,6-7,11H2,(H,12,14)/p+1/b13-9+. The van der Waals surface area contributed by atoms with Gasteiger partial charge >= 0.3 is 0 Å². The molecular weight excluding hydrogens is 194 g/mol. The van der Waals surface area contributed by atoms with E-state index in [4.69, 9.17) is 5.21 Å². The number of benzene rings is 1. The minimum absolute atomic E-state index is 0.0176. The van der Waals surface area contributed by atoms with Crippen molar-refractivity contribution in [2.45, 2.75) is 0 Å². The van der Waals surface area contributed by atoms with Crippen molar-refractivity contribution >= 4 is 11.6 Å². The highest BCUT2D eigenvalue weighted by Gasteiger charge is 2.13. The topological polar surface area (TPSA) is 89.3 Å². The molecule has 15 heavy (non-hydrogen) atoms. The maximum absolute atomic E-state index is 11.5. The summed E-state index contributed by atoms with van der Waals surface area (Å²) < 4.78 is 0. The van der Waals surface area contributed by atoms with Crippen LogP contribution in [0.4, 0.5) is 0 Å². The summed E-state index contributed by atoms with van der Waals surface area (Å²) in [6.45, 7) is 1.06. The number of carbonyl (C=O) groups is 1. The summed E-state index contributed by atoms with van der Waals surface area (Å²) in [5.74, 6) is -0.396. The summed E-state index contributed by atoms with van der Waals surface area (Å²) in [6.07, 6.45) is 0. The second kappa shape index (κ2) is 5.77. The van der Waals surface area contributed by atoms with Gasteiger partial charge in [-0.25, -0.2) is 0 Å². The molecule has 5 N–H and O–H groups in total. The first-order valence-electron chi connectivity index (χ1n) is 4.64. The molecule has 0 bridgehead atoms. The molecule has 0 radical (unpaired) electrons. The Labute approximate surface area is 87.6 Å². The monoisotopic (exact) mass is 208 g/mol. The Hall–Kier alpha value is -1.88. The predicted octanol–water partition coefficient (Wildman–Crippen LogP) is -0.777. The summed E-state index contributed by atoms with van der Waals surface area (Å²) in [5, 5.41) is 14.3. The van der Waals surface area contributed by atoms with Crippen LogP contribution in [0.3, 0.4) is 0 Å². The predicted molar refractivity (Wildman–Crippen MR) is 55.5 cm³/mol. The fourth-order valence-corrected chi connectivity index (χ4v) is 1.12. The van der Waals surface area contributed by atoms with Crippen molar-refractivity contribution in [1.82, 2.24) is 5.32 Å². The minimum Gasteiger partial charge on any atom is -0.410 e. The summed E-state index contributed by atoms with van der Waals surface area (Å²) in [4.78, 5) is 11.5. The fourth-order valence-electron chi connectivity index (χ4n) is 1.12. The zero-order valence-electron chi connectivity index (χ0n) is 8.31. The molecule has 0 heterocycles. The number of hydrogen-bond acceptors (Lipinski definition) is 3. The van der Waals surface area contributed by atoms with Gasteiger partial charge in [0.15, 0.2) is 5.71 Å². The highest BCUT2D eigenvalue weighted by Crippen LogP contribution is 2.00. The van der Waals surface area contributed by atoms with Crippen molar-refractivity contribution in [2.75, 3.05) is 13.1 Å². The Kier molecular flexibility index (Phi) is 4.30. The van der Waals surface area contributed by atoms with E-state index in [9.17, 15) is 4.79 Å². The van der Waals surface area contributed by atoms with Crippen molar-refractivity contribution in [3.63, 3.8) is 0 Å². The first kappa shape index (κ1) is 11.2. The van der Waals surface area contributed by atoms with Gasteiger partial charge in [0.1, 0.15) is 0 Å². The lowest BCUT2D eigenvalue weighted by Gasteiger charge is -2.04. The number of nitrogens with zero attached hydrogens (tertiary/aromatic N) is 1. The van der Waals surface area contributed by atoms with Gasteiger partial charge in [0.25, 0.3) is 5.91 Å². The summed E-state index contributed by atoms with van der Waals surface area (Å²) in [7, 11) is 0. The van der Waals surface area contributed by atoms with Gasteiger partial charge in [0, 0.05) is 5.56 Å². The van der Waals surface area contributed by atoms with E-state index in [1.165, 1.54) is 0 Å². The van der Waals surface area contributed by atoms with Crippen LogP contribution in [-0.4, -0.2) is 29.9 Å². The van der Waals surface area contributed by atoms with Crippen LogP contribution < -0.4 is 11.1 Å². The minimum atomic E-state index is -0.396. The van der Waals surface area contributed by atoms with Crippen molar-refractivity contribution in [3.8, 4) is 0 Å². The molecule has 0 aromatic heterocycles. The quantitative estimate of drug-likeness (QED) is 0.344. The lowest BCUT2D eigenvalue weighted by molar-refractivity contribution is -0.364. The van der Waals surface area contributed by atoms with E-state index in [1.807, 2.05) is 6.07 Å². The van der Waals surface area contributed by atoms with Crippen molar-refractivity contribution < 1.29 is 15.7 Å². The number of amides is 1. The molecule has 0 saturated heterocycles. The molecule has 0 saturated carbocycles. The van der Waals surface area contributed by atoms with Crippen LogP contribution >= 0.6 is 0 Å². The summed E-state index contributed by atoms with van der Waals surface area (Å²) >= 11 is 0. The smallest absolute Gasteiger partial charge is 0.274 e. The Morgan fingerprint density at radius 1 is 1.40 bits per heavy atom. The SMILES string of the molecule is [NH3+]CCNC(=O)/C(=N/O)c1ccccc1. The molecule has 5 nitrogen and oxygen atoms in total. The van der Waals surface area contributed by atoms with Gasteiger partial charge in [-0.15, -0.1) is 0 Å². The van der Waals surface area contributed by atoms with Crippen LogP contribution in [0.25, 0.3) is 0 Å². The van der Waals surface area contributed by atoms with E-state index in [2.05, 4.69) is 16.2 Å². The zero-order valence-corrected chi connectivity index (χ0v) is 8.31. The normalized spacial score (nSPS) is 11.1. The van der Waals surface area contributed by atoms with E-state index in [0.29, 0.717) is 18.7 Å². The second-order valence-corrected chi connectivity index (χ2v) is 2.92. The molecule has 5 heteroatoms. The van der Waals surface area contributed by atoms with Crippen LogP contribution in [-0.2, 0) is 4.79 Å². The first-order chi connectivity index (χ1) is 7.29. The molecule has 0 aliphatic rings. The number of rotatable bonds is 4. The molecule has 1 aromatic carbocycles. The second-order valence-electron chi connectivity index (χ2n) is 2.92. The molecule has 0 unspecified atom stereocenters. The van der Waals surface area contributed by atoms with Gasteiger partial charge in [-0.1, -0.05) is 35.5 Å². The van der Waals surface area contributed by atoms with E-state index in [0.717, 1.165) is 0 Å². The Morgan fingerprint density at radius 3 is 2.60 bits per heavy atom. The van der Waals surface area contributed by atoms with Crippen molar-refractivity contribution in [2.24, 2.45) is 5.16 Å². The van der Waals surface area contributed by atoms with Gasteiger partial charge in [-0.2, -0.15) is 0 Å². The summed E-state index contributed by atoms with van der Waals surface area (Å²) in [6, 6.07) is 8.79. The molecule has 0 aliphatic carbocycles. The molecule has 1 rings (SSSR count). The third-order valence-corrected chi connectivity index (χ3v) is 1.82. The van der Waals surface area contributed by atoms with Crippen LogP contribution in [0.5, 0.6) is 0 Å². The van der Waals surface area contributed by atoms with E-state index in [1.54, 1.807) is 24.3 Å². The van der Waals surface area contributed by atoms with Crippen LogP contribution in [0, 0.1) is 0 Å². The summed E-state index contributed by atoms with van der Waals surface area (Å²) in [5.41, 5.74) is 4.20. The maximum Gasteiger partial charge on any atom is 0.274 e. The van der Waals surface area contributed by atoms with Gasteiger partial charge in [-0.3, -0.25) is 4.79 Å². The van der Waals surface area contributed by atoms with Gasteiger partial charge in [0.05, 0.1) is 13.1 Å². The first-order valence-corrected chi connectivity index (χ1v) is 4.64. The zero-order chi connectivity index (χ0) is 11.1. The molecule has 0 spiro atoms. The highest BCUT2D eigenvalue weighted by molar-refractivity contribution is 6.45. The average molecular weight is 208 g/mol. The van der Waals surface area contributed by atoms with Crippen LogP contribution in [0.2, 0.25) is 0 Å². The maximum atomic E-state index is 11.5. The Morgan fingerprint density at radius 2 is 2.07 bits per heavy atom. The number of hydrogen-bond donors (Lipinski definition) is 3. The van der Waals surface area contributed by atoms with E-state index in [-0.39, 0.29) is 5.71 Å². The number of oxime groups is 1. The number of quaternary nitrogens is 1. The number of nitrogens with one attached hydrogen (secondary N) is 1. The van der Waals surface area contributed by atoms with Crippen LogP contribution in [0.1, 0.15) is 5.56 Å². The van der Waals surface area contributed by atoms with Gasteiger partial charge in [0.2, 0.25) is 0 Å². The molecule has 1 aromatic rings. The average Bonchev–Trinajstić information content (AvgIpc) is 2.29. The van der Waals surface area contributed by atoms with Crippen LogP contribution in [0.15, 0.2) is 35.5 Å². The Bertz CT molecular complexity index is 349. The third kappa shape index (κ3) is 3.07. The fraction of sp³-hybridized carbons (Fsp3) is 0.200. The molecule has 0 atom stereocenters. The third-order valence-electron chi connectivity index (χ3n) is 1.82. The molecule has 0 fully saturated rings. The number of carbonyl (C=O) groups excluding carboxylic acids is 1. The highest BCUT2D eigenvalue weighted by atomic mass is 16.4. The lowest BCUT2D eigenvalue weighted by atomic mass is 10.1. The molecular formula is C10H14N3O2+. The largest absolute Gasteiger partial charge is 0.410 e. The van der Waals surface area contributed by atoms with E-state index < -0.39 is 5.91 Å². The molecule has 80 valence electrons. The van der Waals surface area contributed by atoms with Crippen molar-refractivity contribution in [1.29, 1.82) is 0 Å². The van der Waals surface area contributed by atoms with Gasteiger partial charge in [-0.05, 0) is 0 Å². The van der Waals surface area contributed by atoms with E-state index >= 15 is 0 Å².